The van der Waals surface area contributed by atoms with E-state index in [-0.39, 0.29) is 11.3 Å². The van der Waals surface area contributed by atoms with Crippen LogP contribution in [0.1, 0.15) is 37.4 Å². The molecule has 0 bridgehead atoms. The average molecular weight is 511 g/mol. The van der Waals surface area contributed by atoms with Crippen LogP contribution in [0.25, 0.3) is 5.76 Å². The molecule has 0 unspecified atom stereocenters. The molecule has 2 aromatic rings. The number of ether oxygens (including phenoxy) is 4. The minimum absolute atomic E-state index is 0.0261. The SMILES string of the molecule is CCOc1ccc([C@H]2/C(=C(\O)c3ccc4c(c3)OCCO4)C(=O)C(=O)N2CCCN(C)C)cc1OCC. The summed E-state index contributed by atoms with van der Waals surface area (Å²) in [7, 11) is 3.91. The molecule has 37 heavy (non-hydrogen) atoms. The lowest BCUT2D eigenvalue weighted by molar-refractivity contribution is -0.139. The number of nitrogens with zero attached hydrogens (tertiary/aromatic N) is 2. The van der Waals surface area contributed by atoms with Crippen LogP contribution in [0, 0.1) is 0 Å². The topological polar surface area (TPSA) is 97.8 Å². The molecule has 1 saturated heterocycles. The highest BCUT2D eigenvalue weighted by Gasteiger charge is 2.46. The molecular formula is C28H34N2O7. The smallest absolute Gasteiger partial charge is 0.295 e. The lowest BCUT2D eigenvalue weighted by Crippen LogP contribution is -2.32. The molecule has 0 spiro atoms. The van der Waals surface area contributed by atoms with Crippen LogP contribution >= 0.6 is 0 Å². The van der Waals surface area contributed by atoms with Crippen molar-refractivity contribution in [1.29, 1.82) is 0 Å². The standard InChI is InChI=1S/C28H34N2O7/c1-5-34-20-10-8-18(16-22(20)35-6-2)25-24(27(32)28(33)30(25)13-7-12-29(3)4)26(31)19-9-11-21-23(17-19)37-15-14-36-21/h8-11,16-17,25,31H,5-7,12-15H2,1-4H3/b26-24+/t25-/m0/s1. The fourth-order valence-electron chi connectivity index (χ4n) is 4.60. The molecule has 0 radical (unpaired) electrons. The minimum atomic E-state index is -0.787. The fraction of sp³-hybridized carbons (Fsp3) is 0.429. The highest BCUT2D eigenvalue weighted by molar-refractivity contribution is 6.46. The summed E-state index contributed by atoms with van der Waals surface area (Å²) in [6.07, 6.45) is 0.663. The van der Waals surface area contributed by atoms with Crippen LogP contribution in [-0.4, -0.2) is 80.2 Å². The van der Waals surface area contributed by atoms with Crippen molar-refractivity contribution in [2.45, 2.75) is 26.3 Å². The van der Waals surface area contributed by atoms with Gasteiger partial charge in [0.05, 0.1) is 24.8 Å². The molecule has 4 rings (SSSR count). The number of hydrogen-bond acceptors (Lipinski definition) is 8. The number of rotatable bonds is 10. The highest BCUT2D eigenvalue weighted by atomic mass is 16.6. The highest BCUT2D eigenvalue weighted by Crippen LogP contribution is 2.43. The van der Waals surface area contributed by atoms with Crippen molar-refractivity contribution in [1.82, 2.24) is 9.80 Å². The summed E-state index contributed by atoms with van der Waals surface area (Å²) < 4.78 is 22.7. The number of ketones is 1. The van der Waals surface area contributed by atoms with E-state index < -0.39 is 17.7 Å². The van der Waals surface area contributed by atoms with E-state index in [1.165, 1.54) is 4.90 Å². The molecule has 1 N–H and O–H groups in total. The van der Waals surface area contributed by atoms with Crippen LogP contribution in [0.2, 0.25) is 0 Å². The second-order valence-electron chi connectivity index (χ2n) is 9.08. The molecule has 1 fully saturated rings. The minimum Gasteiger partial charge on any atom is -0.507 e. The molecule has 9 heteroatoms. The van der Waals surface area contributed by atoms with Gasteiger partial charge in [0.2, 0.25) is 0 Å². The first kappa shape index (κ1) is 26.3. The Morgan fingerprint density at radius 3 is 2.41 bits per heavy atom. The second-order valence-corrected chi connectivity index (χ2v) is 9.08. The third-order valence-electron chi connectivity index (χ3n) is 6.24. The Bertz CT molecular complexity index is 1190. The van der Waals surface area contributed by atoms with Crippen LogP contribution in [0.4, 0.5) is 0 Å². The van der Waals surface area contributed by atoms with E-state index in [1.54, 1.807) is 36.4 Å². The maximum Gasteiger partial charge on any atom is 0.295 e. The number of aliphatic hydroxyl groups excluding tert-OH is 1. The number of aliphatic hydroxyl groups is 1. The molecule has 2 aliphatic rings. The summed E-state index contributed by atoms with van der Waals surface area (Å²) in [5, 5.41) is 11.4. The Labute approximate surface area is 217 Å². The van der Waals surface area contributed by atoms with Crippen molar-refractivity contribution in [3.63, 3.8) is 0 Å². The van der Waals surface area contributed by atoms with Crippen molar-refractivity contribution in [2.24, 2.45) is 0 Å². The normalized spacial score (nSPS) is 18.4. The number of likely N-dealkylation sites (tertiary alicyclic amines) is 1. The Morgan fingerprint density at radius 1 is 1.00 bits per heavy atom. The van der Waals surface area contributed by atoms with Gasteiger partial charge in [-0.25, -0.2) is 0 Å². The summed E-state index contributed by atoms with van der Waals surface area (Å²) in [4.78, 5) is 30.1. The number of amides is 1. The Kier molecular flexibility index (Phi) is 8.23. The molecule has 2 aliphatic heterocycles. The van der Waals surface area contributed by atoms with Gasteiger partial charge in [-0.15, -0.1) is 0 Å². The van der Waals surface area contributed by atoms with E-state index in [4.69, 9.17) is 18.9 Å². The Balaban J connectivity index is 1.82. The molecule has 0 aliphatic carbocycles. The van der Waals surface area contributed by atoms with Gasteiger partial charge in [0, 0.05) is 12.1 Å². The van der Waals surface area contributed by atoms with Gasteiger partial charge in [0.15, 0.2) is 23.0 Å². The zero-order valence-electron chi connectivity index (χ0n) is 21.8. The lowest BCUT2D eigenvalue weighted by atomic mass is 9.94. The van der Waals surface area contributed by atoms with Crippen LogP contribution < -0.4 is 18.9 Å². The van der Waals surface area contributed by atoms with Crippen molar-refractivity contribution >= 4 is 17.4 Å². The van der Waals surface area contributed by atoms with Gasteiger partial charge in [-0.3, -0.25) is 9.59 Å². The molecule has 1 amide bonds. The van der Waals surface area contributed by atoms with E-state index in [9.17, 15) is 14.7 Å². The third-order valence-corrected chi connectivity index (χ3v) is 6.24. The van der Waals surface area contributed by atoms with Gasteiger partial charge in [-0.05, 0) is 76.8 Å². The molecule has 0 aromatic heterocycles. The first-order chi connectivity index (χ1) is 17.8. The number of carbonyl (C=O) groups is 2. The summed E-state index contributed by atoms with van der Waals surface area (Å²) in [5.41, 5.74) is 1.05. The van der Waals surface area contributed by atoms with Crippen LogP contribution in [0.15, 0.2) is 42.0 Å². The zero-order valence-corrected chi connectivity index (χ0v) is 21.8. The predicted octanol–water partition coefficient (Wildman–Crippen LogP) is 3.63. The van der Waals surface area contributed by atoms with Crippen molar-refractivity contribution in [3.05, 3.63) is 53.1 Å². The average Bonchev–Trinajstić information content (AvgIpc) is 3.14. The summed E-state index contributed by atoms with van der Waals surface area (Å²) in [6, 6.07) is 9.54. The molecule has 2 aromatic carbocycles. The molecular weight excluding hydrogens is 476 g/mol. The van der Waals surface area contributed by atoms with Gasteiger partial charge in [0.1, 0.15) is 19.0 Å². The van der Waals surface area contributed by atoms with E-state index in [0.29, 0.717) is 73.5 Å². The zero-order chi connectivity index (χ0) is 26.5. The largest absolute Gasteiger partial charge is 0.507 e. The first-order valence-corrected chi connectivity index (χ1v) is 12.6. The van der Waals surface area contributed by atoms with Crippen molar-refractivity contribution in [3.8, 4) is 23.0 Å². The number of Topliss-reactive ketones (excluding diaryl/α,β-unsaturated/α-hetero) is 1. The monoisotopic (exact) mass is 510 g/mol. The second kappa shape index (κ2) is 11.6. The van der Waals surface area contributed by atoms with Gasteiger partial charge in [0.25, 0.3) is 11.7 Å². The van der Waals surface area contributed by atoms with E-state index >= 15 is 0 Å². The van der Waals surface area contributed by atoms with Gasteiger partial charge in [-0.2, -0.15) is 0 Å². The molecule has 2 heterocycles. The summed E-state index contributed by atoms with van der Waals surface area (Å²) in [6.45, 7) is 6.56. The molecule has 9 nitrogen and oxygen atoms in total. The van der Waals surface area contributed by atoms with E-state index in [0.717, 1.165) is 6.54 Å². The quantitative estimate of drug-likeness (QED) is 0.294. The molecule has 198 valence electrons. The van der Waals surface area contributed by atoms with Crippen molar-refractivity contribution in [2.75, 3.05) is 53.6 Å². The van der Waals surface area contributed by atoms with Crippen LogP contribution in [-0.2, 0) is 9.59 Å². The number of fused-ring (bicyclic) bond motifs is 1. The Morgan fingerprint density at radius 2 is 1.70 bits per heavy atom. The van der Waals surface area contributed by atoms with Crippen LogP contribution in [0.3, 0.4) is 0 Å². The summed E-state index contributed by atoms with van der Waals surface area (Å²) >= 11 is 0. The van der Waals surface area contributed by atoms with E-state index in [2.05, 4.69) is 0 Å². The Hall–Kier alpha value is -3.72. The number of benzene rings is 2. The maximum absolute atomic E-state index is 13.3. The maximum atomic E-state index is 13.3. The fourth-order valence-corrected chi connectivity index (χ4v) is 4.60. The predicted molar refractivity (Wildman–Crippen MR) is 138 cm³/mol. The van der Waals surface area contributed by atoms with Gasteiger partial charge < -0.3 is 33.9 Å². The molecule has 0 saturated carbocycles. The van der Waals surface area contributed by atoms with Gasteiger partial charge in [-0.1, -0.05) is 6.07 Å². The van der Waals surface area contributed by atoms with Crippen LogP contribution in [0.5, 0.6) is 23.0 Å². The molecule has 1 atom stereocenters. The third kappa shape index (κ3) is 5.51. The first-order valence-electron chi connectivity index (χ1n) is 12.6. The van der Waals surface area contributed by atoms with Crippen molar-refractivity contribution < 1.29 is 33.6 Å². The lowest BCUT2D eigenvalue weighted by Gasteiger charge is -2.26. The summed E-state index contributed by atoms with van der Waals surface area (Å²) in [5.74, 6) is 0.499. The van der Waals surface area contributed by atoms with E-state index in [1.807, 2.05) is 32.8 Å². The number of carbonyl (C=O) groups excluding carboxylic acids is 2. The number of hydrogen-bond donors (Lipinski definition) is 1. The van der Waals surface area contributed by atoms with Gasteiger partial charge >= 0.3 is 0 Å².